The minimum Gasteiger partial charge on any atom is -0.366 e. The molecule has 1 aliphatic rings. The molecule has 1 aliphatic heterocycles. The molecule has 0 spiro atoms. The van der Waals surface area contributed by atoms with Gasteiger partial charge in [0.25, 0.3) is 0 Å². The molecular formula is C16H15F3N4O. The number of pyridine rings is 2. The highest BCUT2D eigenvalue weighted by molar-refractivity contribution is 5.92. The van der Waals surface area contributed by atoms with Crippen LogP contribution in [0.25, 0.3) is 0 Å². The molecule has 126 valence electrons. The van der Waals surface area contributed by atoms with Crippen molar-refractivity contribution in [1.29, 1.82) is 0 Å². The molecule has 0 atom stereocenters. The average Bonchev–Trinajstić information content (AvgIpc) is 2.52. The minimum atomic E-state index is -4.42. The molecule has 0 saturated heterocycles. The van der Waals surface area contributed by atoms with E-state index in [4.69, 9.17) is 5.73 Å². The molecule has 3 heterocycles. The van der Waals surface area contributed by atoms with Gasteiger partial charge in [0.05, 0.1) is 11.1 Å². The molecule has 0 aliphatic carbocycles. The molecule has 2 N–H and O–H groups in total. The average molecular weight is 336 g/mol. The second-order valence-electron chi connectivity index (χ2n) is 5.73. The van der Waals surface area contributed by atoms with Crippen LogP contribution in [0.3, 0.4) is 0 Å². The maximum atomic E-state index is 12.9. The molecule has 0 radical (unpaired) electrons. The summed E-state index contributed by atoms with van der Waals surface area (Å²) < 4.78 is 38.6. The van der Waals surface area contributed by atoms with Crippen molar-refractivity contribution in [1.82, 2.24) is 9.97 Å². The van der Waals surface area contributed by atoms with E-state index in [9.17, 15) is 18.0 Å². The van der Waals surface area contributed by atoms with Crippen LogP contribution in [0.4, 0.5) is 19.0 Å². The first-order valence-electron chi connectivity index (χ1n) is 7.32. The monoisotopic (exact) mass is 336 g/mol. The zero-order valence-electron chi connectivity index (χ0n) is 12.9. The SMILES string of the molecule is Cc1cc(C(N)=O)cnc1N1CCc2ncc(C(F)(F)F)cc2C1. The van der Waals surface area contributed by atoms with Gasteiger partial charge in [0.2, 0.25) is 5.91 Å². The van der Waals surface area contributed by atoms with Crippen molar-refractivity contribution in [2.45, 2.75) is 26.1 Å². The summed E-state index contributed by atoms with van der Waals surface area (Å²) in [5.41, 5.74) is 6.73. The van der Waals surface area contributed by atoms with Crippen LogP contribution >= 0.6 is 0 Å². The standard InChI is InChI=1S/C16H15F3N4O/c1-9-4-10(14(20)24)6-22-15(9)23-3-2-13-11(8-23)5-12(7-21-13)16(17,18)19/h4-7H,2-3,8H2,1H3,(H2,20,24). The molecule has 0 bridgehead atoms. The van der Waals surface area contributed by atoms with Crippen LogP contribution in [0.5, 0.6) is 0 Å². The van der Waals surface area contributed by atoms with E-state index in [0.29, 0.717) is 35.6 Å². The predicted molar refractivity (Wildman–Crippen MR) is 81.5 cm³/mol. The van der Waals surface area contributed by atoms with E-state index in [1.54, 1.807) is 13.0 Å². The number of alkyl halides is 3. The highest BCUT2D eigenvalue weighted by atomic mass is 19.4. The van der Waals surface area contributed by atoms with Gasteiger partial charge in [-0.1, -0.05) is 0 Å². The molecule has 8 heteroatoms. The number of hydrogen-bond acceptors (Lipinski definition) is 4. The first kappa shape index (κ1) is 16.2. The Morgan fingerprint density at radius 3 is 2.62 bits per heavy atom. The number of hydrogen-bond donors (Lipinski definition) is 1. The summed E-state index contributed by atoms with van der Waals surface area (Å²) in [7, 11) is 0. The molecule has 5 nitrogen and oxygen atoms in total. The zero-order chi connectivity index (χ0) is 17.5. The van der Waals surface area contributed by atoms with Crippen molar-refractivity contribution in [2.24, 2.45) is 5.73 Å². The lowest BCUT2D eigenvalue weighted by Gasteiger charge is -2.30. The van der Waals surface area contributed by atoms with Crippen molar-refractivity contribution in [3.63, 3.8) is 0 Å². The van der Waals surface area contributed by atoms with Crippen LogP contribution < -0.4 is 10.6 Å². The Balaban J connectivity index is 1.91. The lowest BCUT2D eigenvalue weighted by molar-refractivity contribution is -0.137. The fourth-order valence-corrected chi connectivity index (χ4v) is 2.80. The molecule has 2 aromatic rings. The Morgan fingerprint density at radius 2 is 2.00 bits per heavy atom. The zero-order valence-corrected chi connectivity index (χ0v) is 12.9. The summed E-state index contributed by atoms with van der Waals surface area (Å²) >= 11 is 0. The van der Waals surface area contributed by atoms with Crippen LogP contribution in [-0.2, 0) is 19.1 Å². The van der Waals surface area contributed by atoms with Crippen molar-refractivity contribution in [2.75, 3.05) is 11.4 Å². The predicted octanol–water partition coefficient (Wildman–Crippen LogP) is 2.47. The summed E-state index contributed by atoms with van der Waals surface area (Å²) in [6.07, 6.45) is -1.63. The first-order chi connectivity index (χ1) is 11.3. The van der Waals surface area contributed by atoms with Gasteiger partial charge >= 0.3 is 6.18 Å². The Hall–Kier alpha value is -2.64. The summed E-state index contributed by atoms with van der Waals surface area (Å²) in [5, 5.41) is 0. The summed E-state index contributed by atoms with van der Waals surface area (Å²) in [4.78, 5) is 21.3. The quantitative estimate of drug-likeness (QED) is 0.914. The summed E-state index contributed by atoms with van der Waals surface area (Å²) in [6, 6.07) is 2.77. The van der Waals surface area contributed by atoms with Crippen molar-refractivity contribution >= 4 is 11.7 Å². The topological polar surface area (TPSA) is 72.1 Å². The van der Waals surface area contributed by atoms with Gasteiger partial charge in [-0.3, -0.25) is 9.78 Å². The molecule has 0 fully saturated rings. The third-order valence-corrected chi connectivity index (χ3v) is 4.00. The minimum absolute atomic E-state index is 0.288. The Bertz CT molecular complexity index is 804. The lowest BCUT2D eigenvalue weighted by Crippen LogP contribution is -2.32. The van der Waals surface area contributed by atoms with E-state index >= 15 is 0 Å². The highest BCUT2D eigenvalue weighted by Gasteiger charge is 2.32. The molecule has 2 aromatic heterocycles. The van der Waals surface area contributed by atoms with Crippen molar-refractivity contribution in [3.05, 3.63) is 52.5 Å². The normalized spacial score (nSPS) is 14.4. The second-order valence-corrected chi connectivity index (χ2v) is 5.73. The molecule has 0 unspecified atom stereocenters. The van der Waals surface area contributed by atoms with Crippen molar-refractivity contribution < 1.29 is 18.0 Å². The number of aromatic nitrogens is 2. The number of nitrogens with two attached hydrogens (primary N) is 1. The van der Waals surface area contributed by atoms with E-state index < -0.39 is 17.6 Å². The molecule has 24 heavy (non-hydrogen) atoms. The molecule has 0 saturated carbocycles. The van der Waals surface area contributed by atoms with Gasteiger partial charge in [-0.2, -0.15) is 13.2 Å². The van der Waals surface area contributed by atoms with Gasteiger partial charge < -0.3 is 10.6 Å². The molecule has 0 aromatic carbocycles. The van der Waals surface area contributed by atoms with Crippen LogP contribution in [-0.4, -0.2) is 22.4 Å². The summed E-state index contributed by atoms with van der Waals surface area (Å²) in [5.74, 6) is 0.0585. The van der Waals surface area contributed by atoms with Gasteiger partial charge in [0.1, 0.15) is 5.82 Å². The smallest absolute Gasteiger partial charge is 0.366 e. The first-order valence-corrected chi connectivity index (χ1v) is 7.32. The number of nitrogens with zero attached hydrogens (tertiary/aromatic N) is 3. The van der Waals surface area contributed by atoms with Gasteiger partial charge in [-0.15, -0.1) is 0 Å². The number of rotatable bonds is 2. The van der Waals surface area contributed by atoms with E-state index in [1.807, 2.05) is 4.90 Å². The Morgan fingerprint density at radius 1 is 1.25 bits per heavy atom. The maximum absolute atomic E-state index is 12.9. The highest BCUT2D eigenvalue weighted by Crippen LogP contribution is 2.32. The number of carbonyl (C=O) groups excluding carboxylic acids is 1. The molecule has 1 amide bonds. The molecular weight excluding hydrogens is 321 g/mol. The van der Waals surface area contributed by atoms with Crippen LogP contribution in [0.2, 0.25) is 0 Å². The van der Waals surface area contributed by atoms with Crippen LogP contribution in [0.15, 0.2) is 24.5 Å². The van der Waals surface area contributed by atoms with E-state index in [1.165, 1.54) is 6.20 Å². The third kappa shape index (κ3) is 3.04. The van der Waals surface area contributed by atoms with Crippen molar-refractivity contribution in [3.8, 4) is 0 Å². The molecule has 3 rings (SSSR count). The van der Waals surface area contributed by atoms with Gasteiger partial charge in [0, 0.05) is 37.6 Å². The Kier molecular flexibility index (Phi) is 3.90. The number of anilines is 1. The maximum Gasteiger partial charge on any atom is 0.417 e. The fraction of sp³-hybridized carbons (Fsp3) is 0.312. The van der Waals surface area contributed by atoms with E-state index in [-0.39, 0.29) is 6.54 Å². The summed E-state index contributed by atoms with van der Waals surface area (Å²) in [6.45, 7) is 2.67. The number of carbonyl (C=O) groups is 1. The fourth-order valence-electron chi connectivity index (χ4n) is 2.80. The van der Waals surface area contributed by atoms with Gasteiger partial charge in [-0.25, -0.2) is 4.98 Å². The Labute approximate surface area is 136 Å². The number of primary amides is 1. The van der Waals surface area contributed by atoms with Crippen LogP contribution in [0.1, 0.15) is 32.7 Å². The van der Waals surface area contributed by atoms with Crippen LogP contribution in [0, 0.1) is 6.92 Å². The number of halogens is 3. The van der Waals surface area contributed by atoms with E-state index in [0.717, 1.165) is 17.8 Å². The largest absolute Gasteiger partial charge is 0.417 e. The van der Waals surface area contributed by atoms with Gasteiger partial charge in [0.15, 0.2) is 0 Å². The van der Waals surface area contributed by atoms with Gasteiger partial charge in [-0.05, 0) is 30.2 Å². The number of fused-ring (bicyclic) bond motifs is 1. The van der Waals surface area contributed by atoms with E-state index in [2.05, 4.69) is 9.97 Å². The number of amides is 1. The number of aryl methyl sites for hydroxylation is 1. The third-order valence-electron chi connectivity index (χ3n) is 4.00. The lowest BCUT2D eigenvalue weighted by atomic mass is 10.0. The second kappa shape index (κ2) is 5.77.